The van der Waals surface area contributed by atoms with Crippen LogP contribution in [-0.4, -0.2) is 39.0 Å². The van der Waals surface area contributed by atoms with Crippen LogP contribution in [-0.2, 0) is 0 Å². The first-order valence-corrected chi connectivity index (χ1v) is 8.40. The molecule has 2 heterocycles. The summed E-state index contributed by atoms with van der Waals surface area (Å²) < 4.78 is 41.0. The number of ketones is 1. The molecule has 3 rings (SSSR count). The van der Waals surface area contributed by atoms with Crippen LogP contribution >= 0.6 is 11.3 Å². The summed E-state index contributed by atoms with van der Waals surface area (Å²) in [6.07, 6.45) is -5.36. The van der Waals surface area contributed by atoms with Gasteiger partial charge in [0.05, 0.1) is 10.9 Å². The van der Waals surface area contributed by atoms with Crippen molar-refractivity contribution in [2.24, 2.45) is 5.92 Å². The SMILES string of the molecule is O=C1N[C@@H](c2ccc(O)c(O)c2)[C@@H](C(=O)c2cccs2)[C@@](O)(C(F)(F)F)N1. The molecule has 0 spiro atoms. The van der Waals surface area contributed by atoms with Crippen LogP contribution in [0.2, 0.25) is 0 Å². The Hall–Kier alpha value is -2.79. The minimum absolute atomic E-state index is 0.0476. The van der Waals surface area contributed by atoms with Crippen molar-refractivity contribution >= 4 is 23.2 Å². The number of phenols is 2. The van der Waals surface area contributed by atoms with Crippen LogP contribution in [0.15, 0.2) is 35.7 Å². The predicted molar refractivity (Wildman–Crippen MR) is 87.3 cm³/mol. The Morgan fingerprint density at radius 3 is 2.44 bits per heavy atom. The summed E-state index contributed by atoms with van der Waals surface area (Å²) in [6, 6.07) is 2.84. The standard InChI is InChI=1S/C16H13F3N2O5S/c17-16(18,19)15(26)11(13(24)10-2-1-5-27-10)12(20-14(25)21-15)7-3-4-8(22)9(23)6-7/h1-6,11-12,22-23,26H,(H2,20,21,25)/t11-,12-,15+/m0/s1. The minimum Gasteiger partial charge on any atom is -0.504 e. The van der Waals surface area contributed by atoms with Gasteiger partial charge in [-0.2, -0.15) is 13.2 Å². The predicted octanol–water partition coefficient (Wildman–Crippen LogP) is 2.26. The molecule has 1 saturated heterocycles. The molecule has 11 heteroatoms. The molecular formula is C16H13F3N2O5S. The summed E-state index contributed by atoms with van der Waals surface area (Å²) in [7, 11) is 0. The van der Waals surface area contributed by atoms with Gasteiger partial charge < -0.3 is 26.0 Å². The maximum absolute atomic E-state index is 13.7. The van der Waals surface area contributed by atoms with E-state index in [9.17, 15) is 38.1 Å². The zero-order valence-electron chi connectivity index (χ0n) is 13.3. The van der Waals surface area contributed by atoms with Gasteiger partial charge in [0.1, 0.15) is 5.92 Å². The number of hydrogen-bond donors (Lipinski definition) is 5. The zero-order chi connectivity index (χ0) is 20.0. The molecule has 2 amide bonds. The fraction of sp³-hybridized carbons (Fsp3) is 0.250. The summed E-state index contributed by atoms with van der Waals surface area (Å²) in [6.45, 7) is 0. The number of alkyl halides is 3. The Morgan fingerprint density at radius 2 is 1.89 bits per heavy atom. The molecule has 3 atom stereocenters. The smallest absolute Gasteiger partial charge is 0.437 e. The van der Waals surface area contributed by atoms with E-state index in [0.717, 1.165) is 29.5 Å². The van der Waals surface area contributed by atoms with E-state index < -0.39 is 47.2 Å². The number of phenolic OH excluding ortho intramolecular Hbond substituents is 2. The first-order valence-electron chi connectivity index (χ1n) is 7.52. The highest BCUT2D eigenvalue weighted by Crippen LogP contribution is 2.45. The average Bonchev–Trinajstić information content (AvgIpc) is 3.09. The van der Waals surface area contributed by atoms with Gasteiger partial charge in [0.15, 0.2) is 17.3 Å². The number of carbonyl (C=O) groups is 2. The molecule has 27 heavy (non-hydrogen) atoms. The average molecular weight is 402 g/mol. The molecule has 1 aliphatic heterocycles. The number of hydrogen-bond acceptors (Lipinski definition) is 6. The van der Waals surface area contributed by atoms with Crippen molar-refractivity contribution < 1.29 is 38.1 Å². The molecule has 1 aromatic heterocycles. The van der Waals surface area contributed by atoms with E-state index in [4.69, 9.17) is 0 Å². The maximum Gasteiger partial charge on any atom is 0.437 e. The number of Topliss-reactive ketones (excluding diaryl/α,β-unsaturated/α-hetero) is 1. The Morgan fingerprint density at radius 1 is 1.19 bits per heavy atom. The number of benzene rings is 1. The van der Waals surface area contributed by atoms with Crippen LogP contribution in [0, 0.1) is 5.92 Å². The quantitative estimate of drug-likeness (QED) is 0.399. The van der Waals surface area contributed by atoms with E-state index in [2.05, 4.69) is 5.32 Å². The highest BCUT2D eigenvalue weighted by Gasteiger charge is 2.66. The fourth-order valence-corrected chi connectivity index (χ4v) is 3.63. The fourth-order valence-electron chi connectivity index (χ4n) is 2.92. The highest BCUT2D eigenvalue weighted by atomic mass is 32.1. The van der Waals surface area contributed by atoms with Gasteiger partial charge in [0, 0.05) is 0 Å². The summed E-state index contributed by atoms with van der Waals surface area (Å²) >= 11 is 0.882. The van der Waals surface area contributed by atoms with Crippen molar-refractivity contribution in [2.45, 2.75) is 17.9 Å². The maximum atomic E-state index is 13.7. The lowest BCUT2D eigenvalue weighted by Crippen LogP contribution is -2.72. The number of nitrogens with one attached hydrogen (secondary N) is 2. The number of aromatic hydroxyl groups is 2. The van der Waals surface area contributed by atoms with E-state index in [-0.39, 0.29) is 10.4 Å². The van der Waals surface area contributed by atoms with E-state index >= 15 is 0 Å². The van der Waals surface area contributed by atoms with Gasteiger partial charge >= 0.3 is 12.2 Å². The lowest BCUT2D eigenvalue weighted by Gasteiger charge is -2.44. The van der Waals surface area contributed by atoms with Gasteiger partial charge in [-0.1, -0.05) is 12.1 Å². The Bertz CT molecular complexity index is 887. The second kappa shape index (κ2) is 6.43. The lowest BCUT2D eigenvalue weighted by atomic mass is 9.78. The third-order valence-corrected chi connectivity index (χ3v) is 5.10. The van der Waals surface area contributed by atoms with E-state index in [1.165, 1.54) is 22.8 Å². The third kappa shape index (κ3) is 3.19. The summed E-state index contributed by atoms with van der Waals surface area (Å²) in [4.78, 5) is 24.6. The number of urea groups is 1. The van der Waals surface area contributed by atoms with Crippen molar-refractivity contribution in [3.05, 3.63) is 46.2 Å². The molecule has 0 unspecified atom stereocenters. The first-order chi connectivity index (χ1) is 12.5. The normalized spacial score (nSPS) is 25.6. The molecule has 1 fully saturated rings. The summed E-state index contributed by atoms with van der Waals surface area (Å²) in [5.41, 5.74) is -3.94. The second-order valence-corrected chi connectivity index (χ2v) is 6.86. The molecule has 7 nitrogen and oxygen atoms in total. The van der Waals surface area contributed by atoms with E-state index in [0.29, 0.717) is 0 Å². The zero-order valence-corrected chi connectivity index (χ0v) is 14.1. The molecule has 5 N–H and O–H groups in total. The number of carbonyl (C=O) groups excluding carboxylic acids is 2. The van der Waals surface area contributed by atoms with Gasteiger partial charge in [0.25, 0.3) is 0 Å². The van der Waals surface area contributed by atoms with Gasteiger partial charge in [-0.25, -0.2) is 4.79 Å². The van der Waals surface area contributed by atoms with Crippen LogP contribution < -0.4 is 10.6 Å². The Balaban J connectivity index is 2.17. The van der Waals surface area contributed by atoms with Gasteiger partial charge in [-0.15, -0.1) is 11.3 Å². The molecule has 0 bridgehead atoms. The number of rotatable bonds is 3. The number of halogens is 3. The van der Waals surface area contributed by atoms with Gasteiger partial charge in [0.2, 0.25) is 5.72 Å². The third-order valence-electron chi connectivity index (χ3n) is 4.21. The molecule has 0 radical (unpaired) electrons. The molecular weight excluding hydrogens is 389 g/mol. The van der Waals surface area contributed by atoms with Crippen LogP contribution in [0.1, 0.15) is 21.3 Å². The number of aliphatic hydroxyl groups is 1. The van der Waals surface area contributed by atoms with Crippen molar-refractivity contribution in [3.63, 3.8) is 0 Å². The van der Waals surface area contributed by atoms with Gasteiger partial charge in [-0.3, -0.25) is 4.79 Å². The topological polar surface area (TPSA) is 119 Å². The van der Waals surface area contributed by atoms with E-state index in [1.807, 2.05) is 0 Å². The van der Waals surface area contributed by atoms with Crippen LogP contribution in [0.25, 0.3) is 0 Å². The Kier molecular flexibility index (Phi) is 4.52. The highest BCUT2D eigenvalue weighted by molar-refractivity contribution is 7.12. The van der Waals surface area contributed by atoms with Crippen LogP contribution in [0.3, 0.4) is 0 Å². The monoisotopic (exact) mass is 402 g/mol. The Labute approximate surface area is 154 Å². The van der Waals surface area contributed by atoms with Crippen molar-refractivity contribution in [1.29, 1.82) is 0 Å². The minimum atomic E-state index is -5.36. The molecule has 0 saturated carbocycles. The van der Waals surface area contributed by atoms with Crippen molar-refractivity contribution in [2.75, 3.05) is 0 Å². The largest absolute Gasteiger partial charge is 0.504 e. The summed E-state index contributed by atoms with van der Waals surface area (Å²) in [5, 5.41) is 34.5. The van der Waals surface area contributed by atoms with Crippen molar-refractivity contribution in [3.8, 4) is 11.5 Å². The molecule has 0 aliphatic carbocycles. The summed E-state index contributed by atoms with van der Waals surface area (Å²) in [5.74, 6) is -4.42. The van der Waals surface area contributed by atoms with Crippen molar-refractivity contribution in [1.82, 2.24) is 10.6 Å². The van der Waals surface area contributed by atoms with Crippen LogP contribution in [0.5, 0.6) is 11.5 Å². The first kappa shape index (κ1) is 19.0. The lowest BCUT2D eigenvalue weighted by molar-refractivity contribution is -0.287. The molecule has 2 aromatic rings. The second-order valence-electron chi connectivity index (χ2n) is 5.91. The van der Waals surface area contributed by atoms with Crippen LogP contribution in [0.4, 0.5) is 18.0 Å². The molecule has 1 aliphatic rings. The number of thiophene rings is 1. The van der Waals surface area contributed by atoms with Gasteiger partial charge in [-0.05, 0) is 29.1 Å². The van der Waals surface area contributed by atoms with E-state index in [1.54, 1.807) is 0 Å². The molecule has 144 valence electrons. The molecule has 1 aromatic carbocycles. The number of amides is 2.